The fourth-order valence-electron chi connectivity index (χ4n) is 3.68. The predicted molar refractivity (Wildman–Crippen MR) is 88.8 cm³/mol. The van der Waals surface area contributed by atoms with Crippen LogP contribution in [-0.4, -0.2) is 78.8 Å². The molecule has 0 aromatic carbocycles. The number of nitrogens with zero attached hydrogens (tertiary/aromatic N) is 3. The molecule has 2 aliphatic heterocycles. The maximum absolute atomic E-state index is 12.8. The van der Waals surface area contributed by atoms with Gasteiger partial charge in [0.25, 0.3) is 5.91 Å². The van der Waals surface area contributed by atoms with Crippen LogP contribution >= 0.6 is 0 Å². The average molecular weight is 331 g/mol. The molecule has 1 spiro atoms. The molecule has 1 atom stereocenters. The van der Waals surface area contributed by atoms with Crippen LogP contribution in [0.4, 0.5) is 0 Å². The third-order valence-electron chi connectivity index (χ3n) is 5.11. The largest absolute Gasteiger partial charge is 0.377 e. The van der Waals surface area contributed by atoms with Gasteiger partial charge in [-0.3, -0.25) is 14.7 Å². The molecule has 4 rings (SSSR count). The Morgan fingerprint density at radius 2 is 2.04 bits per heavy atom. The number of morpholine rings is 1. The Labute approximate surface area is 142 Å². The van der Waals surface area contributed by atoms with Gasteiger partial charge in [0.15, 0.2) is 0 Å². The van der Waals surface area contributed by atoms with Gasteiger partial charge in [0.1, 0.15) is 5.60 Å². The minimum Gasteiger partial charge on any atom is -0.377 e. The summed E-state index contributed by atoms with van der Waals surface area (Å²) in [7, 11) is 0. The van der Waals surface area contributed by atoms with Gasteiger partial charge >= 0.3 is 0 Å². The summed E-state index contributed by atoms with van der Waals surface area (Å²) < 4.78 is 12.0. The summed E-state index contributed by atoms with van der Waals surface area (Å²) in [5, 5.41) is 0. The lowest BCUT2D eigenvalue weighted by molar-refractivity contribution is -0.133. The van der Waals surface area contributed by atoms with Crippen molar-refractivity contribution in [2.75, 3.05) is 52.5 Å². The highest BCUT2D eigenvalue weighted by Crippen LogP contribution is 2.31. The summed E-state index contributed by atoms with van der Waals surface area (Å²) in [5.74, 6) is 0.899. The summed E-state index contributed by atoms with van der Waals surface area (Å²) in [6.45, 7) is 6.04. The van der Waals surface area contributed by atoms with Gasteiger partial charge in [0.05, 0.1) is 26.4 Å². The SMILES string of the molecule is O=C(c1ccncc1)N1CCOC2(COCCN(CC3CC3)C2)C1. The maximum Gasteiger partial charge on any atom is 0.254 e. The molecule has 0 bridgehead atoms. The Morgan fingerprint density at radius 3 is 2.83 bits per heavy atom. The molecule has 1 aliphatic carbocycles. The first-order valence-corrected chi connectivity index (χ1v) is 8.87. The number of hydrogen-bond acceptors (Lipinski definition) is 5. The molecule has 1 saturated carbocycles. The van der Waals surface area contributed by atoms with Crippen molar-refractivity contribution in [1.82, 2.24) is 14.8 Å². The van der Waals surface area contributed by atoms with Gasteiger partial charge in [-0.1, -0.05) is 0 Å². The molecule has 2 saturated heterocycles. The molecule has 24 heavy (non-hydrogen) atoms. The van der Waals surface area contributed by atoms with Crippen molar-refractivity contribution in [2.45, 2.75) is 18.4 Å². The molecule has 130 valence electrons. The van der Waals surface area contributed by atoms with Crippen LogP contribution in [0.5, 0.6) is 0 Å². The van der Waals surface area contributed by atoms with Crippen LogP contribution in [0.15, 0.2) is 24.5 Å². The molecule has 1 unspecified atom stereocenters. The molecule has 1 aromatic heterocycles. The standard InChI is InChI=1S/C18H25N3O3/c22-17(16-3-5-19-6-4-16)21-8-10-24-18(13-21)12-20(7-9-23-14-18)11-15-1-2-15/h3-6,15H,1-2,7-14H2. The van der Waals surface area contributed by atoms with E-state index in [0.29, 0.717) is 31.9 Å². The third kappa shape index (κ3) is 3.61. The third-order valence-corrected chi connectivity index (χ3v) is 5.11. The summed E-state index contributed by atoms with van der Waals surface area (Å²) in [6, 6.07) is 3.54. The van der Waals surface area contributed by atoms with E-state index in [4.69, 9.17) is 9.47 Å². The molecule has 1 aromatic rings. The minimum absolute atomic E-state index is 0.0538. The molecular weight excluding hydrogens is 306 g/mol. The van der Waals surface area contributed by atoms with Gasteiger partial charge in [-0.25, -0.2) is 0 Å². The second-order valence-corrected chi connectivity index (χ2v) is 7.23. The molecular formula is C18H25N3O3. The van der Waals surface area contributed by atoms with Crippen LogP contribution in [0.1, 0.15) is 23.2 Å². The zero-order valence-electron chi connectivity index (χ0n) is 14.0. The zero-order valence-corrected chi connectivity index (χ0v) is 14.0. The number of rotatable bonds is 3. The monoisotopic (exact) mass is 331 g/mol. The summed E-state index contributed by atoms with van der Waals surface area (Å²) in [4.78, 5) is 21.1. The van der Waals surface area contributed by atoms with Crippen molar-refractivity contribution in [3.63, 3.8) is 0 Å². The Morgan fingerprint density at radius 1 is 1.21 bits per heavy atom. The van der Waals surface area contributed by atoms with Gasteiger partial charge in [-0.15, -0.1) is 0 Å². The number of carbonyl (C=O) groups excluding carboxylic acids is 1. The zero-order chi connectivity index (χ0) is 16.4. The minimum atomic E-state index is -0.396. The molecule has 0 radical (unpaired) electrons. The molecule has 0 N–H and O–H groups in total. The van der Waals surface area contributed by atoms with Crippen molar-refractivity contribution >= 4 is 5.91 Å². The number of carbonyl (C=O) groups is 1. The van der Waals surface area contributed by atoms with Crippen LogP contribution in [0.3, 0.4) is 0 Å². The normalized spacial score (nSPS) is 28.8. The highest BCUT2D eigenvalue weighted by Gasteiger charge is 2.42. The van der Waals surface area contributed by atoms with Crippen LogP contribution in [0.25, 0.3) is 0 Å². The van der Waals surface area contributed by atoms with Gasteiger partial charge in [-0.05, 0) is 30.9 Å². The lowest BCUT2D eigenvalue weighted by Crippen LogP contribution is -2.60. The molecule has 3 heterocycles. The van der Waals surface area contributed by atoms with E-state index in [9.17, 15) is 4.79 Å². The summed E-state index contributed by atoms with van der Waals surface area (Å²) in [5.41, 5.74) is 0.290. The lowest BCUT2D eigenvalue weighted by Gasteiger charge is -2.43. The molecule has 6 nitrogen and oxygen atoms in total. The van der Waals surface area contributed by atoms with E-state index >= 15 is 0 Å². The van der Waals surface area contributed by atoms with Crippen LogP contribution in [0, 0.1) is 5.92 Å². The second-order valence-electron chi connectivity index (χ2n) is 7.23. The van der Waals surface area contributed by atoms with Gasteiger partial charge < -0.3 is 14.4 Å². The first kappa shape index (κ1) is 16.0. The number of ether oxygens (including phenoxy) is 2. The summed E-state index contributed by atoms with van der Waals surface area (Å²) in [6.07, 6.45) is 6.01. The van der Waals surface area contributed by atoms with E-state index in [-0.39, 0.29) is 5.91 Å². The summed E-state index contributed by atoms with van der Waals surface area (Å²) >= 11 is 0. The van der Waals surface area contributed by atoms with Gasteiger partial charge in [-0.2, -0.15) is 0 Å². The number of amides is 1. The van der Waals surface area contributed by atoms with Crippen LogP contribution in [-0.2, 0) is 9.47 Å². The fourth-order valence-corrected chi connectivity index (χ4v) is 3.68. The van der Waals surface area contributed by atoms with Gasteiger partial charge in [0.2, 0.25) is 0 Å². The van der Waals surface area contributed by atoms with Crippen molar-refractivity contribution < 1.29 is 14.3 Å². The highest BCUT2D eigenvalue weighted by atomic mass is 16.5. The molecule has 6 heteroatoms. The van der Waals surface area contributed by atoms with E-state index in [1.807, 2.05) is 4.90 Å². The number of pyridine rings is 1. The molecule has 3 aliphatic rings. The van der Waals surface area contributed by atoms with Crippen molar-refractivity contribution in [3.8, 4) is 0 Å². The smallest absolute Gasteiger partial charge is 0.254 e. The quantitative estimate of drug-likeness (QED) is 0.828. The molecule has 3 fully saturated rings. The maximum atomic E-state index is 12.8. The first-order chi connectivity index (χ1) is 11.7. The van der Waals surface area contributed by atoms with Crippen LogP contribution < -0.4 is 0 Å². The Hall–Kier alpha value is -1.50. The van der Waals surface area contributed by atoms with E-state index < -0.39 is 5.60 Å². The number of aromatic nitrogens is 1. The molecule has 1 amide bonds. The highest BCUT2D eigenvalue weighted by molar-refractivity contribution is 5.94. The van der Waals surface area contributed by atoms with Crippen molar-refractivity contribution in [3.05, 3.63) is 30.1 Å². The van der Waals surface area contributed by atoms with E-state index in [2.05, 4.69) is 9.88 Å². The Bertz CT molecular complexity index is 578. The predicted octanol–water partition coefficient (Wildman–Crippen LogP) is 1.03. The van der Waals surface area contributed by atoms with Crippen molar-refractivity contribution in [1.29, 1.82) is 0 Å². The fraction of sp³-hybridized carbons (Fsp3) is 0.667. The Balaban J connectivity index is 1.46. The van der Waals surface area contributed by atoms with E-state index in [1.165, 1.54) is 12.8 Å². The lowest BCUT2D eigenvalue weighted by atomic mass is 10.0. The van der Waals surface area contributed by atoms with Crippen molar-refractivity contribution in [2.24, 2.45) is 5.92 Å². The van der Waals surface area contributed by atoms with Gasteiger partial charge in [0, 0.05) is 44.1 Å². The Kier molecular flexibility index (Phi) is 4.52. The van der Waals surface area contributed by atoms with E-state index in [0.717, 1.165) is 32.2 Å². The average Bonchev–Trinajstić information content (AvgIpc) is 3.44. The van der Waals surface area contributed by atoms with E-state index in [1.54, 1.807) is 24.5 Å². The first-order valence-electron chi connectivity index (χ1n) is 8.87. The second kappa shape index (κ2) is 6.78. The van der Waals surface area contributed by atoms with Crippen LogP contribution in [0.2, 0.25) is 0 Å². The topological polar surface area (TPSA) is 54.9 Å². The number of hydrogen-bond donors (Lipinski definition) is 0.